The molecule has 0 bridgehead atoms. The van der Waals surface area contributed by atoms with Crippen LogP contribution in [0.4, 0.5) is 0 Å². The lowest BCUT2D eigenvalue weighted by Gasteiger charge is -2.23. The van der Waals surface area contributed by atoms with E-state index in [-0.39, 0.29) is 5.41 Å². The van der Waals surface area contributed by atoms with E-state index in [0.717, 1.165) is 27.6 Å². The Morgan fingerprint density at radius 2 is 1.08 bits per heavy atom. The first-order valence-electron chi connectivity index (χ1n) is 18.1. The summed E-state index contributed by atoms with van der Waals surface area (Å²) >= 11 is 0. The van der Waals surface area contributed by atoms with Crippen LogP contribution in [0.5, 0.6) is 0 Å². The predicted octanol–water partition coefficient (Wildman–Crippen LogP) is 13.2. The van der Waals surface area contributed by atoms with Crippen molar-refractivity contribution in [3.05, 3.63) is 169 Å². The third kappa shape index (κ3) is 3.45. The fraction of sp³-hybridized carbons (Fsp3) is 0.0612. The highest BCUT2D eigenvalue weighted by molar-refractivity contribution is 6.31. The second-order valence-corrected chi connectivity index (χ2v) is 14.9. The van der Waals surface area contributed by atoms with Crippen molar-refractivity contribution in [1.82, 2.24) is 9.13 Å². The zero-order valence-corrected chi connectivity index (χ0v) is 28.8. The van der Waals surface area contributed by atoms with E-state index in [1.54, 1.807) is 0 Å². The van der Waals surface area contributed by atoms with Crippen LogP contribution >= 0.6 is 0 Å². The molecule has 3 heteroatoms. The molecule has 0 saturated carbocycles. The lowest BCUT2D eigenvalue weighted by molar-refractivity contribution is 0.667. The Kier molecular flexibility index (Phi) is 5.31. The van der Waals surface area contributed by atoms with Crippen LogP contribution < -0.4 is 0 Å². The van der Waals surface area contributed by atoms with Crippen molar-refractivity contribution < 1.29 is 4.42 Å². The fourth-order valence-corrected chi connectivity index (χ4v) is 9.66. The summed E-state index contributed by atoms with van der Waals surface area (Å²) in [7, 11) is 0. The van der Waals surface area contributed by atoms with E-state index in [9.17, 15) is 0 Å². The molecule has 0 spiro atoms. The van der Waals surface area contributed by atoms with Gasteiger partial charge in [0, 0.05) is 54.7 Å². The maximum absolute atomic E-state index is 6.50. The molecule has 3 nitrogen and oxygen atoms in total. The van der Waals surface area contributed by atoms with E-state index in [0.29, 0.717) is 0 Å². The molecule has 0 atom stereocenters. The monoisotopic (exact) mass is 664 g/mol. The van der Waals surface area contributed by atoms with Crippen LogP contribution in [0.1, 0.15) is 25.0 Å². The number of nitrogens with zero attached hydrogens (tertiary/aromatic N) is 2. The van der Waals surface area contributed by atoms with Gasteiger partial charge >= 0.3 is 0 Å². The van der Waals surface area contributed by atoms with E-state index in [1.807, 2.05) is 0 Å². The van der Waals surface area contributed by atoms with Gasteiger partial charge in [-0.3, -0.25) is 0 Å². The van der Waals surface area contributed by atoms with Gasteiger partial charge < -0.3 is 13.6 Å². The molecule has 0 aliphatic heterocycles. The number of para-hydroxylation sites is 3. The minimum absolute atomic E-state index is 0.225. The molecule has 0 N–H and O–H groups in total. The summed E-state index contributed by atoms with van der Waals surface area (Å²) in [5, 5.41) is 9.82. The van der Waals surface area contributed by atoms with Crippen molar-refractivity contribution in [1.29, 1.82) is 0 Å². The van der Waals surface area contributed by atoms with E-state index in [2.05, 4.69) is 181 Å². The van der Waals surface area contributed by atoms with Gasteiger partial charge in [-0.1, -0.05) is 117 Å². The summed E-state index contributed by atoms with van der Waals surface area (Å²) in [6.45, 7) is 4.83. The molecule has 0 amide bonds. The lowest BCUT2D eigenvalue weighted by Crippen LogP contribution is -2.15. The van der Waals surface area contributed by atoms with Crippen LogP contribution in [-0.2, 0) is 5.41 Å². The molecular formula is C49H32N2O. The number of hydrogen-bond donors (Lipinski definition) is 0. The number of aromatic nitrogens is 2. The molecule has 8 aromatic carbocycles. The molecule has 3 heterocycles. The van der Waals surface area contributed by atoms with Gasteiger partial charge in [-0.2, -0.15) is 0 Å². The molecule has 11 aromatic rings. The minimum atomic E-state index is -0.225. The molecule has 3 aromatic heterocycles. The molecule has 12 rings (SSSR count). The zero-order chi connectivity index (χ0) is 34.3. The Hall–Kier alpha value is -6.58. The SMILES string of the molecule is CC1(C)c2ccccc2-c2c1c1c3ccccc3n(-c3ccccc3)c1c1c3ccccc3n(-c3ccc4oc5cc6ccccc6cc5c4c3)c21. The maximum atomic E-state index is 6.50. The second kappa shape index (κ2) is 9.80. The van der Waals surface area contributed by atoms with Crippen LogP contribution in [0.25, 0.3) is 98.8 Å². The van der Waals surface area contributed by atoms with Gasteiger partial charge in [0.25, 0.3) is 0 Å². The maximum Gasteiger partial charge on any atom is 0.136 e. The molecule has 1 aliphatic carbocycles. The topological polar surface area (TPSA) is 23.0 Å². The summed E-state index contributed by atoms with van der Waals surface area (Å²) in [5.74, 6) is 0. The molecule has 0 fully saturated rings. The Labute approximate surface area is 299 Å². The first-order valence-corrected chi connectivity index (χ1v) is 18.1. The summed E-state index contributed by atoms with van der Waals surface area (Å²) in [4.78, 5) is 0. The van der Waals surface area contributed by atoms with E-state index >= 15 is 0 Å². The molecule has 0 radical (unpaired) electrons. The van der Waals surface area contributed by atoms with Gasteiger partial charge in [0.15, 0.2) is 0 Å². The van der Waals surface area contributed by atoms with Crippen molar-refractivity contribution in [2.45, 2.75) is 19.3 Å². The highest BCUT2D eigenvalue weighted by atomic mass is 16.3. The lowest BCUT2D eigenvalue weighted by atomic mass is 9.80. The minimum Gasteiger partial charge on any atom is -0.456 e. The first kappa shape index (κ1) is 28.2. The van der Waals surface area contributed by atoms with E-state index < -0.39 is 0 Å². The smallest absolute Gasteiger partial charge is 0.136 e. The first-order chi connectivity index (χ1) is 25.6. The Balaban J connectivity index is 1.33. The van der Waals surface area contributed by atoms with E-state index in [1.165, 1.54) is 82.3 Å². The predicted molar refractivity (Wildman–Crippen MR) is 217 cm³/mol. The van der Waals surface area contributed by atoms with Crippen molar-refractivity contribution in [2.24, 2.45) is 0 Å². The fourth-order valence-electron chi connectivity index (χ4n) is 9.66. The molecule has 244 valence electrons. The molecule has 0 unspecified atom stereocenters. The number of fused-ring (bicyclic) bond motifs is 16. The van der Waals surface area contributed by atoms with Gasteiger partial charge in [0.05, 0.1) is 22.1 Å². The zero-order valence-electron chi connectivity index (χ0n) is 28.8. The third-order valence-corrected chi connectivity index (χ3v) is 11.8. The Morgan fingerprint density at radius 1 is 0.462 bits per heavy atom. The quantitative estimate of drug-likeness (QED) is 0.180. The van der Waals surface area contributed by atoms with Crippen molar-refractivity contribution in [2.75, 3.05) is 0 Å². The summed E-state index contributed by atoms with van der Waals surface area (Å²) in [6.07, 6.45) is 0. The summed E-state index contributed by atoms with van der Waals surface area (Å²) in [5.41, 5.74) is 14.2. The molecular weight excluding hydrogens is 633 g/mol. The van der Waals surface area contributed by atoms with Gasteiger partial charge in [0.1, 0.15) is 11.2 Å². The third-order valence-electron chi connectivity index (χ3n) is 11.8. The summed E-state index contributed by atoms with van der Waals surface area (Å²) < 4.78 is 11.5. The number of hydrogen-bond acceptors (Lipinski definition) is 1. The molecule has 0 saturated heterocycles. The normalized spacial score (nSPS) is 13.7. The van der Waals surface area contributed by atoms with Crippen LogP contribution in [0.2, 0.25) is 0 Å². The van der Waals surface area contributed by atoms with Crippen LogP contribution in [-0.4, -0.2) is 9.13 Å². The van der Waals surface area contributed by atoms with Gasteiger partial charge in [0.2, 0.25) is 0 Å². The summed E-state index contributed by atoms with van der Waals surface area (Å²) in [6, 6.07) is 57.7. The van der Waals surface area contributed by atoms with Gasteiger partial charge in [-0.15, -0.1) is 0 Å². The van der Waals surface area contributed by atoms with Gasteiger partial charge in [-0.05, 0) is 82.1 Å². The molecule has 1 aliphatic rings. The van der Waals surface area contributed by atoms with Crippen LogP contribution in [0.3, 0.4) is 0 Å². The Bertz CT molecular complexity index is 3320. The standard InChI is InChI=1S/C49H32N2O/c1-49(2)38-21-11-8-18-33(38)43-46(49)44-34-19-9-12-22-39(34)50(31-16-4-3-5-17-31)48(44)45-35-20-10-13-23-40(35)51(47(43)45)32-24-25-41-37(28-32)36-26-29-14-6-7-15-30(29)27-42(36)52-41/h3-28H,1-2H3. The van der Waals surface area contributed by atoms with Crippen molar-refractivity contribution >= 4 is 76.3 Å². The van der Waals surface area contributed by atoms with E-state index in [4.69, 9.17) is 4.42 Å². The highest BCUT2D eigenvalue weighted by Crippen LogP contribution is 2.58. The molecule has 52 heavy (non-hydrogen) atoms. The largest absolute Gasteiger partial charge is 0.456 e. The van der Waals surface area contributed by atoms with Crippen molar-refractivity contribution in [3.8, 4) is 22.5 Å². The average Bonchev–Trinajstić information content (AvgIpc) is 3.89. The Morgan fingerprint density at radius 3 is 1.87 bits per heavy atom. The average molecular weight is 665 g/mol. The van der Waals surface area contributed by atoms with Crippen LogP contribution in [0, 0.1) is 0 Å². The number of furan rings is 1. The van der Waals surface area contributed by atoms with Crippen molar-refractivity contribution in [3.63, 3.8) is 0 Å². The number of rotatable bonds is 2. The van der Waals surface area contributed by atoms with Gasteiger partial charge in [-0.25, -0.2) is 0 Å². The number of benzene rings is 8. The highest BCUT2D eigenvalue weighted by Gasteiger charge is 2.41. The van der Waals surface area contributed by atoms with Crippen LogP contribution in [0.15, 0.2) is 162 Å². The second-order valence-electron chi connectivity index (χ2n) is 14.9.